The van der Waals surface area contributed by atoms with Gasteiger partial charge in [0.1, 0.15) is 5.52 Å². The molecule has 0 fully saturated rings. The van der Waals surface area contributed by atoms with Crippen molar-refractivity contribution in [3.63, 3.8) is 0 Å². The van der Waals surface area contributed by atoms with Gasteiger partial charge in [-0.25, -0.2) is 4.98 Å². The molecule has 0 saturated heterocycles. The molecule has 0 aliphatic heterocycles. The third-order valence-corrected chi connectivity index (χ3v) is 3.40. The van der Waals surface area contributed by atoms with Crippen LogP contribution in [-0.4, -0.2) is 9.91 Å². The highest BCUT2D eigenvalue weighted by molar-refractivity contribution is 6.35. The second-order valence-corrected chi connectivity index (χ2v) is 4.84. The molecule has 3 rings (SSSR count). The van der Waals surface area contributed by atoms with Crippen LogP contribution >= 0.6 is 23.2 Å². The van der Waals surface area contributed by atoms with E-state index in [9.17, 15) is 10.1 Å². The minimum atomic E-state index is -0.505. The molecule has 3 aromatic rings. The minimum absolute atomic E-state index is 0.0854. The van der Waals surface area contributed by atoms with Crippen molar-refractivity contribution >= 4 is 40.0 Å². The number of oxazole rings is 1. The molecular weight excluding hydrogens is 303 g/mol. The van der Waals surface area contributed by atoms with Crippen molar-refractivity contribution in [1.82, 2.24) is 4.98 Å². The Balaban J connectivity index is 2.22. The lowest BCUT2D eigenvalue weighted by Crippen LogP contribution is -1.89. The molecule has 2 aromatic carbocycles. The maximum atomic E-state index is 10.8. The number of nitro groups is 1. The van der Waals surface area contributed by atoms with Gasteiger partial charge in [0.05, 0.1) is 20.5 Å². The van der Waals surface area contributed by atoms with Gasteiger partial charge in [-0.3, -0.25) is 10.1 Å². The largest absolute Gasteiger partial charge is 0.436 e. The van der Waals surface area contributed by atoms with Crippen LogP contribution in [0.1, 0.15) is 0 Å². The van der Waals surface area contributed by atoms with Gasteiger partial charge in [0.2, 0.25) is 5.89 Å². The molecule has 0 unspecified atom stereocenters. The van der Waals surface area contributed by atoms with Gasteiger partial charge in [-0.2, -0.15) is 0 Å². The van der Waals surface area contributed by atoms with Crippen molar-refractivity contribution in [2.75, 3.05) is 0 Å². The van der Waals surface area contributed by atoms with Gasteiger partial charge in [0.25, 0.3) is 5.69 Å². The second-order valence-electron chi connectivity index (χ2n) is 4.03. The number of hydrogen-bond acceptors (Lipinski definition) is 4. The van der Waals surface area contributed by atoms with Crippen LogP contribution < -0.4 is 0 Å². The van der Waals surface area contributed by atoms with Crippen molar-refractivity contribution in [2.45, 2.75) is 0 Å². The number of para-hydroxylation sites is 1. The van der Waals surface area contributed by atoms with Crippen LogP contribution in [0.25, 0.3) is 22.6 Å². The number of halogens is 2. The summed E-state index contributed by atoms with van der Waals surface area (Å²) in [6, 6.07) is 9.21. The molecule has 0 radical (unpaired) electrons. The highest BCUT2D eigenvalue weighted by Gasteiger charge is 2.17. The molecule has 5 nitrogen and oxygen atoms in total. The van der Waals surface area contributed by atoms with Gasteiger partial charge in [-0.15, -0.1) is 0 Å². The summed E-state index contributed by atoms with van der Waals surface area (Å²) in [6.45, 7) is 0. The van der Waals surface area contributed by atoms with E-state index in [-0.39, 0.29) is 11.6 Å². The van der Waals surface area contributed by atoms with E-state index in [0.717, 1.165) is 0 Å². The number of fused-ring (bicyclic) bond motifs is 1. The van der Waals surface area contributed by atoms with Crippen LogP contribution in [-0.2, 0) is 0 Å². The molecule has 0 aliphatic rings. The number of benzene rings is 2. The summed E-state index contributed by atoms with van der Waals surface area (Å²) < 4.78 is 5.55. The van der Waals surface area contributed by atoms with Crippen LogP contribution in [0.5, 0.6) is 0 Å². The standard InChI is InChI=1S/C13H6Cl2N2O3/c14-9-5-4-7(17(18)19)6-8(9)13-16-12-10(15)2-1-3-11(12)20-13/h1-6H. The zero-order valence-electron chi connectivity index (χ0n) is 9.84. The number of aromatic nitrogens is 1. The van der Waals surface area contributed by atoms with Gasteiger partial charge in [0, 0.05) is 12.1 Å². The zero-order valence-corrected chi connectivity index (χ0v) is 11.4. The first-order chi connectivity index (χ1) is 9.56. The lowest BCUT2D eigenvalue weighted by Gasteiger charge is -1.99. The summed E-state index contributed by atoms with van der Waals surface area (Å²) in [7, 11) is 0. The summed E-state index contributed by atoms with van der Waals surface area (Å²) >= 11 is 12.1. The van der Waals surface area contributed by atoms with E-state index in [0.29, 0.717) is 26.7 Å². The fraction of sp³-hybridized carbons (Fsp3) is 0. The summed E-state index contributed by atoms with van der Waals surface area (Å²) in [5.74, 6) is 0.196. The molecular formula is C13H6Cl2N2O3. The van der Waals surface area contributed by atoms with Crippen molar-refractivity contribution in [3.05, 3.63) is 56.6 Å². The lowest BCUT2D eigenvalue weighted by atomic mass is 10.2. The topological polar surface area (TPSA) is 69.2 Å². The third-order valence-electron chi connectivity index (χ3n) is 2.76. The van der Waals surface area contributed by atoms with Gasteiger partial charge >= 0.3 is 0 Å². The summed E-state index contributed by atoms with van der Waals surface area (Å²) in [5, 5.41) is 11.6. The Morgan fingerprint density at radius 2 is 1.95 bits per heavy atom. The summed E-state index contributed by atoms with van der Waals surface area (Å²) in [5.41, 5.74) is 1.26. The number of nitro benzene ring substituents is 1. The van der Waals surface area contributed by atoms with Crippen LogP contribution in [0.4, 0.5) is 5.69 Å². The van der Waals surface area contributed by atoms with Gasteiger partial charge < -0.3 is 4.42 Å². The fourth-order valence-electron chi connectivity index (χ4n) is 1.82. The van der Waals surface area contributed by atoms with Crippen molar-refractivity contribution in [3.8, 4) is 11.5 Å². The van der Waals surface area contributed by atoms with E-state index in [1.807, 2.05) is 0 Å². The Bertz CT molecular complexity index is 830. The maximum absolute atomic E-state index is 10.8. The molecule has 0 saturated carbocycles. The summed E-state index contributed by atoms with van der Waals surface area (Å²) in [4.78, 5) is 14.5. The van der Waals surface area contributed by atoms with Crippen LogP contribution in [0.3, 0.4) is 0 Å². The minimum Gasteiger partial charge on any atom is -0.436 e. The predicted octanol–water partition coefficient (Wildman–Crippen LogP) is 4.71. The SMILES string of the molecule is O=[N+]([O-])c1ccc(Cl)c(-c2nc3c(Cl)cccc3o2)c1. The Hall–Kier alpha value is -2.11. The molecule has 0 N–H and O–H groups in total. The lowest BCUT2D eigenvalue weighted by molar-refractivity contribution is -0.384. The molecule has 7 heteroatoms. The molecule has 0 amide bonds. The fourth-order valence-corrected chi connectivity index (χ4v) is 2.23. The molecule has 0 atom stereocenters. The smallest absolute Gasteiger partial charge is 0.270 e. The molecule has 1 heterocycles. The van der Waals surface area contributed by atoms with E-state index in [1.165, 1.54) is 18.2 Å². The maximum Gasteiger partial charge on any atom is 0.270 e. The average molecular weight is 309 g/mol. The first-order valence-electron chi connectivity index (χ1n) is 5.55. The van der Waals surface area contributed by atoms with Crippen LogP contribution in [0, 0.1) is 10.1 Å². The van der Waals surface area contributed by atoms with E-state index in [2.05, 4.69) is 4.98 Å². The normalized spacial score (nSPS) is 10.9. The number of hydrogen-bond donors (Lipinski definition) is 0. The van der Waals surface area contributed by atoms with Crippen molar-refractivity contribution < 1.29 is 9.34 Å². The number of nitrogens with zero attached hydrogens (tertiary/aromatic N) is 2. The Kier molecular flexibility index (Phi) is 3.08. The molecule has 0 aliphatic carbocycles. The third kappa shape index (κ3) is 2.11. The Labute approximate surface area is 122 Å². The first-order valence-corrected chi connectivity index (χ1v) is 6.31. The summed E-state index contributed by atoms with van der Waals surface area (Å²) in [6.07, 6.45) is 0. The average Bonchev–Trinajstić information content (AvgIpc) is 2.84. The van der Waals surface area contributed by atoms with E-state index in [1.54, 1.807) is 18.2 Å². The number of rotatable bonds is 2. The Morgan fingerprint density at radius 3 is 2.65 bits per heavy atom. The molecule has 20 heavy (non-hydrogen) atoms. The van der Waals surface area contributed by atoms with Gasteiger partial charge in [-0.1, -0.05) is 29.3 Å². The van der Waals surface area contributed by atoms with E-state index >= 15 is 0 Å². The predicted molar refractivity (Wildman–Crippen MR) is 76.1 cm³/mol. The van der Waals surface area contributed by atoms with Gasteiger partial charge in [0.15, 0.2) is 5.58 Å². The molecule has 0 bridgehead atoms. The number of non-ortho nitro benzene ring substituents is 1. The highest BCUT2D eigenvalue weighted by Crippen LogP contribution is 2.34. The van der Waals surface area contributed by atoms with Crippen molar-refractivity contribution in [2.24, 2.45) is 0 Å². The van der Waals surface area contributed by atoms with Crippen molar-refractivity contribution in [1.29, 1.82) is 0 Å². The quantitative estimate of drug-likeness (QED) is 0.508. The van der Waals surface area contributed by atoms with Crippen LogP contribution in [0.15, 0.2) is 40.8 Å². The zero-order chi connectivity index (χ0) is 14.3. The van der Waals surface area contributed by atoms with E-state index < -0.39 is 4.92 Å². The molecule has 100 valence electrons. The molecule has 0 spiro atoms. The highest BCUT2D eigenvalue weighted by atomic mass is 35.5. The van der Waals surface area contributed by atoms with Gasteiger partial charge in [-0.05, 0) is 18.2 Å². The van der Waals surface area contributed by atoms with Crippen LogP contribution in [0.2, 0.25) is 10.0 Å². The monoisotopic (exact) mass is 308 g/mol. The van der Waals surface area contributed by atoms with E-state index in [4.69, 9.17) is 27.6 Å². The Morgan fingerprint density at radius 1 is 1.15 bits per heavy atom. The second kappa shape index (κ2) is 4.77. The molecule has 1 aromatic heterocycles. The first kappa shape index (κ1) is 12.9.